The second kappa shape index (κ2) is 5.14. The minimum Gasteiger partial charge on any atom is -0.338 e. The fourth-order valence-corrected chi connectivity index (χ4v) is 3.48. The molecule has 0 spiro atoms. The summed E-state index contributed by atoms with van der Waals surface area (Å²) in [5.74, 6) is 0.106. The van der Waals surface area contributed by atoms with Crippen molar-refractivity contribution in [2.75, 3.05) is 19.3 Å². The SMILES string of the molecule is CC1CC(CN)CN1C(=O)C(C)(C)NS(C)(=O)=O. The lowest BCUT2D eigenvalue weighted by Crippen LogP contribution is -2.56. The van der Waals surface area contributed by atoms with E-state index in [0.29, 0.717) is 19.0 Å². The number of hydrogen-bond donors (Lipinski definition) is 2. The van der Waals surface area contributed by atoms with E-state index >= 15 is 0 Å². The Hall–Kier alpha value is -0.660. The van der Waals surface area contributed by atoms with Crippen molar-refractivity contribution < 1.29 is 13.2 Å². The van der Waals surface area contributed by atoms with Crippen LogP contribution in [-0.4, -0.2) is 50.2 Å². The van der Waals surface area contributed by atoms with Gasteiger partial charge >= 0.3 is 0 Å². The van der Waals surface area contributed by atoms with E-state index < -0.39 is 15.6 Å². The lowest BCUT2D eigenvalue weighted by molar-refractivity contribution is -0.137. The van der Waals surface area contributed by atoms with Crippen LogP contribution in [-0.2, 0) is 14.8 Å². The fourth-order valence-electron chi connectivity index (χ4n) is 2.46. The normalized spacial score (nSPS) is 25.5. The third kappa shape index (κ3) is 3.66. The highest BCUT2D eigenvalue weighted by molar-refractivity contribution is 7.88. The number of nitrogens with two attached hydrogens (primary N) is 1. The molecular weight excluding hydrogens is 254 g/mol. The van der Waals surface area contributed by atoms with Gasteiger partial charge in [-0.15, -0.1) is 0 Å². The average molecular weight is 277 g/mol. The summed E-state index contributed by atoms with van der Waals surface area (Å²) in [6.45, 7) is 6.28. The molecule has 106 valence electrons. The summed E-state index contributed by atoms with van der Waals surface area (Å²) in [6, 6.07) is 0.103. The lowest BCUT2D eigenvalue weighted by atomic mass is 10.1. The first kappa shape index (κ1) is 15.4. The molecule has 1 fully saturated rings. The number of hydrogen-bond acceptors (Lipinski definition) is 4. The molecule has 0 radical (unpaired) electrons. The van der Waals surface area contributed by atoms with Gasteiger partial charge in [0.1, 0.15) is 5.54 Å². The number of carbonyl (C=O) groups excluding carboxylic acids is 1. The van der Waals surface area contributed by atoms with E-state index in [0.717, 1.165) is 12.7 Å². The Balaban J connectivity index is 2.81. The predicted octanol–water partition coefficient (Wildman–Crippen LogP) is -0.490. The highest BCUT2D eigenvalue weighted by Gasteiger charge is 2.40. The summed E-state index contributed by atoms with van der Waals surface area (Å²) in [4.78, 5) is 14.1. The molecule has 1 saturated heterocycles. The van der Waals surface area contributed by atoms with Gasteiger partial charge in [0.25, 0.3) is 0 Å². The van der Waals surface area contributed by atoms with Gasteiger partial charge in [0.05, 0.1) is 6.26 Å². The van der Waals surface area contributed by atoms with E-state index in [1.165, 1.54) is 0 Å². The van der Waals surface area contributed by atoms with Gasteiger partial charge in [-0.3, -0.25) is 4.79 Å². The first-order chi connectivity index (χ1) is 8.07. The van der Waals surface area contributed by atoms with Crippen molar-refractivity contribution >= 4 is 15.9 Å². The van der Waals surface area contributed by atoms with Crippen LogP contribution < -0.4 is 10.5 Å². The van der Waals surface area contributed by atoms with Gasteiger partial charge in [-0.1, -0.05) is 0 Å². The zero-order chi connectivity index (χ0) is 14.1. The van der Waals surface area contributed by atoms with Crippen LogP contribution in [0.5, 0.6) is 0 Å². The molecule has 7 heteroatoms. The molecule has 0 aromatic carbocycles. The van der Waals surface area contributed by atoms with Gasteiger partial charge in [0.15, 0.2) is 0 Å². The van der Waals surface area contributed by atoms with Crippen molar-refractivity contribution in [3.8, 4) is 0 Å². The molecule has 1 aliphatic heterocycles. The summed E-state index contributed by atoms with van der Waals surface area (Å²) in [6.07, 6.45) is 1.93. The van der Waals surface area contributed by atoms with Crippen LogP contribution in [0.1, 0.15) is 27.2 Å². The van der Waals surface area contributed by atoms with E-state index in [4.69, 9.17) is 5.73 Å². The van der Waals surface area contributed by atoms with E-state index in [1.54, 1.807) is 18.7 Å². The molecule has 0 aromatic rings. The van der Waals surface area contributed by atoms with Crippen LogP contribution in [0.25, 0.3) is 0 Å². The van der Waals surface area contributed by atoms with Gasteiger partial charge in [-0.25, -0.2) is 13.1 Å². The molecule has 1 amide bonds. The Labute approximate surface area is 109 Å². The Morgan fingerprint density at radius 3 is 2.44 bits per heavy atom. The van der Waals surface area contributed by atoms with E-state index in [2.05, 4.69) is 4.72 Å². The van der Waals surface area contributed by atoms with Crippen molar-refractivity contribution in [1.29, 1.82) is 0 Å². The first-order valence-corrected chi connectivity index (χ1v) is 7.96. The molecule has 3 N–H and O–H groups in total. The number of nitrogens with zero attached hydrogens (tertiary/aromatic N) is 1. The average Bonchev–Trinajstić information content (AvgIpc) is 2.54. The minimum atomic E-state index is -3.42. The third-order valence-corrected chi connectivity index (χ3v) is 4.11. The number of carbonyl (C=O) groups is 1. The quantitative estimate of drug-likeness (QED) is 0.725. The highest BCUT2D eigenvalue weighted by atomic mass is 32.2. The van der Waals surface area contributed by atoms with E-state index in [1.807, 2.05) is 6.92 Å². The van der Waals surface area contributed by atoms with Crippen molar-refractivity contribution in [2.24, 2.45) is 11.7 Å². The van der Waals surface area contributed by atoms with Crippen molar-refractivity contribution in [1.82, 2.24) is 9.62 Å². The second-order valence-corrected chi connectivity index (χ2v) is 7.39. The number of likely N-dealkylation sites (tertiary alicyclic amines) is 1. The Kier molecular flexibility index (Phi) is 4.40. The fraction of sp³-hybridized carbons (Fsp3) is 0.909. The molecule has 0 aliphatic carbocycles. The molecule has 6 nitrogen and oxygen atoms in total. The molecule has 0 bridgehead atoms. The van der Waals surface area contributed by atoms with Crippen LogP contribution in [0.2, 0.25) is 0 Å². The maximum atomic E-state index is 12.4. The summed E-state index contributed by atoms with van der Waals surface area (Å²) < 4.78 is 24.9. The van der Waals surface area contributed by atoms with Crippen LogP contribution >= 0.6 is 0 Å². The Bertz CT molecular complexity index is 419. The number of rotatable bonds is 4. The molecule has 1 aliphatic rings. The van der Waals surface area contributed by atoms with Crippen LogP contribution in [0.4, 0.5) is 0 Å². The molecule has 2 unspecified atom stereocenters. The summed E-state index contributed by atoms with van der Waals surface area (Å²) in [5.41, 5.74) is 4.50. The number of sulfonamides is 1. The number of amides is 1. The van der Waals surface area contributed by atoms with Crippen molar-refractivity contribution in [3.63, 3.8) is 0 Å². The lowest BCUT2D eigenvalue weighted by Gasteiger charge is -2.32. The van der Waals surface area contributed by atoms with Crippen LogP contribution in [0.3, 0.4) is 0 Å². The maximum absolute atomic E-state index is 12.4. The van der Waals surface area contributed by atoms with Gasteiger partial charge in [-0.2, -0.15) is 0 Å². The van der Waals surface area contributed by atoms with Crippen molar-refractivity contribution in [2.45, 2.75) is 38.8 Å². The van der Waals surface area contributed by atoms with E-state index in [-0.39, 0.29) is 11.9 Å². The smallest absolute Gasteiger partial charge is 0.243 e. The number of nitrogens with one attached hydrogen (secondary N) is 1. The second-order valence-electron chi connectivity index (χ2n) is 5.64. The summed E-state index contributed by atoms with van der Waals surface area (Å²) >= 11 is 0. The zero-order valence-corrected chi connectivity index (χ0v) is 12.3. The third-order valence-electron chi connectivity index (χ3n) is 3.23. The van der Waals surface area contributed by atoms with Gasteiger partial charge < -0.3 is 10.6 Å². The monoisotopic (exact) mass is 277 g/mol. The predicted molar refractivity (Wildman–Crippen MR) is 70.4 cm³/mol. The molecular formula is C11H23N3O3S. The van der Waals surface area contributed by atoms with Crippen molar-refractivity contribution in [3.05, 3.63) is 0 Å². The molecule has 0 saturated carbocycles. The molecule has 1 heterocycles. The zero-order valence-electron chi connectivity index (χ0n) is 11.4. The van der Waals surface area contributed by atoms with E-state index in [9.17, 15) is 13.2 Å². The largest absolute Gasteiger partial charge is 0.338 e. The van der Waals surface area contributed by atoms with Gasteiger partial charge in [0.2, 0.25) is 15.9 Å². The van der Waals surface area contributed by atoms with Gasteiger partial charge in [0, 0.05) is 12.6 Å². The van der Waals surface area contributed by atoms with Crippen LogP contribution in [0.15, 0.2) is 0 Å². The topological polar surface area (TPSA) is 92.5 Å². The summed E-state index contributed by atoms with van der Waals surface area (Å²) in [7, 11) is -3.42. The Morgan fingerprint density at radius 2 is 2.06 bits per heavy atom. The molecule has 18 heavy (non-hydrogen) atoms. The maximum Gasteiger partial charge on any atom is 0.243 e. The molecule has 1 rings (SSSR count). The standard InChI is InChI=1S/C11H23N3O3S/c1-8-5-9(6-12)7-14(8)10(15)11(2,3)13-18(4,16)17/h8-9,13H,5-7,12H2,1-4H3. The first-order valence-electron chi connectivity index (χ1n) is 6.07. The minimum absolute atomic E-state index is 0.103. The van der Waals surface area contributed by atoms with Gasteiger partial charge in [-0.05, 0) is 39.7 Å². The molecule has 0 aromatic heterocycles. The highest BCUT2D eigenvalue weighted by Crippen LogP contribution is 2.25. The Morgan fingerprint density at radius 1 is 1.50 bits per heavy atom. The molecule has 2 atom stereocenters. The summed E-state index contributed by atoms with van der Waals surface area (Å²) in [5, 5.41) is 0. The van der Waals surface area contributed by atoms with Crippen LogP contribution in [0, 0.1) is 5.92 Å².